The number of nitrogens with two attached hydrogens (primary N) is 1. The molecule has 0 radical (unpaired) electrons. The zero-order valence-electron chi connectivity index (χ0n) is 18.3. The molecule has 4 aromatic rings. The summed E-state index contributed by atoms with van der Waals surface area (Å²) in [5.41, 5.74) is 3.58. The fourth-order valence-electron chi connectivity index (χ4n) is 3.40. The Balaban J connectivity index is 1.61. The second-order valence-corrected chi connectivity index (χ2v) is 10.6. The van der Waals surface area contributed by atoms with Gasteiger partial charge in [0.15, 0.2) is 5.82 Å². The van der Waals surface area contributed by atoms with E-state index in [1.54, 1.807) is 18.2 Å². The molecule has 0 atom stereocenters. The number of fused-ring (bicyclic) bond motifs is 1. The summed E-state index contributed by atoms with van der Waals surface area (Å²) in [6.07, 6.45) is 0. The van der Waals surface area contributed by atoms with Gasteiger partial charge >= 0.3 is 0 Å². The number of rotatable bonds is 7. The molecule has 11 heteroatoms. The molecule has 9 nitrogen and oxygen atoms in total. The first-order chi connectivity index (χ1) is 15.2. The van der Waals surface area contributed by atoms with Crippen LogP contribution in [-0.4, -0.2) is 51.2 Å². The fraction of sp³-hybridized carbons (Fsp3) is 0.286. The molecular weight excluding hydrogens is 446 g/mol. The molecule has 0 saturated carbocycles. The van der Waals surface area contributed by atoms with E-state index in [4.69, 9.17) is 10.8 Å². The summed E-state index contributed by atoms with van der Waals surface area (Å²) in [6.45, 7) is 4.76. The van der Waals surface area contributed by atoms with Gasteiger partial charge in [-0.05, 0) is 32.0 Å². The van der Waals surface area contributed by atoms with E-state index in [9.17, 15) is 8.42 Å². The van der Waals surface area contributed by atoms with Crippen LogP contribution in [0.3, 0.4) is 0 Å². The quantitative estimate of drug-likeness (QED) is 0.326. The van der Waals surface area contributed by atoms with Crippen LogP contribution < -0.4 is 5.84 Å². The number of thioether (sulfide) groups is 1. The Morgan fingerprint density at radius 2 is 1.81 bits per heavy atom. The number of nitrogen functional groups attached to an aromatic ring is 1. The second kappa shape index (κ2) is 8.57. The standard InChI is InChI=1S/C21H25N7O2S2/c1-5-27-18-11-10-16(32(29,30)26(3)4)12-17(18)23-19(27)13-31-21-25-24-20(28(21)22)15-8-6-14(2)7-9-15/h6-12H,5,13,22H2,1-4H3. The van der Waals surface area contributed by atoms with Crippen LogP contribution >= 0.6 is 11.8 Å². The zero-order chi connectivity index (χ0) is 23.0. The van der Waals surface area contributed by atoms with Gasteiger partial charge in [-0.15, -0.1) is 10.2 Å². The van der Waals surface area contributed by atoms with E-state index in [-0.39, 0.29) is 4.90 Å². The number of sulfonamides is 1. The highest BCUT2D eigenvalue weighted by molar-refractivity contribution is 7.98. The summed E-state index contributed by atoms with van der Waals surface area (Å²) < 4.78 is 29.7. The molecule has 2 heterocycles. The first kappa shape index (κ1) is 22.3. The number of aromatic nitrogens is 5. The van der Waals surface area contributed by atoms with Crippen molar-refractivity contribution in [3.63, 3.8) is 0 Å². The largest absolute Gasteiger partial charge is 0.335 e. The van der Waals surface area contributed by atoms with Gasteiger partial charge in [0.1, 0.15) is 5.82 Å². The minimum atomic E-state index is -3.53. The van der Waals surface area contributed by atoms with E-state index in [1.807, 2.05) is 38.1 Å². The molecule has 0 unspecified atom stereocenters. The van der Waals surface area contributed by atoms with E-state index in [1.165, 1.54) is 34.8 Å². The molecule has 0 aliphatic heterocycles. The van der Waals surface area contributed by atoms with Crippen LogP contribution in [0.1, 0.15) is 18.3 Å². The number of hydrogen-bond acceptors (Lipinski definition) is 7. The minimum Gasteiger partial charge on any atom is -0.335 e. The lowest BCUT2D eigenvalue weighted by Crippen LogP contribution is -2.22. The molecule has 2 aromatic carbocycles. The van der Waals surface area contributed by atoms with Crippen LogP contribution in [0.5, 0.6) is 0 Å². The SMILES string of the molecule is CCn1c(CSc2nnc(-c3ccc(C)cc3)n2N)nc2cc(S(=O)(=O)N(C)C)ccc21. The van der Waals surface area contributed by atoms with Crippen LogP contribution in [-0.2, 0) is 22.3 Å². The average Bonchev–Trinajstić information content (AvgIpc) is 3.31. The lowest BCUT2D eigenvalue weighted by atomic mass is 10.1. The Morgan fingerprint density at radius 3 is 2.47 bits per heavy atom. The Bertz CT molecular complexity index is 1370. The average molecular weight is 472 g/mol. The summed E-state index contributed by atoms with van der Waals surface area (Å²) in [7, 11) is -0.497. The van der Waals surface area contributed by atoms with Crippen molar-refractivity contribution in [2.24, 2.45) is 0 Å². The van der Waals surface area contributed by atoms with Crippen LogP contribution in [0, 0.1) is 6.92 Å². The number of hydrogen-bond donors (Lipinski definition) is 1. The molecule has 0 aliphatic carbocycles. The van der Waals surface area contributed by atoms with Gasteiger partial charge in [0.25, 0.3) is 0 Å². The second-order valence-electron chi connectivity index (χ2n) is 7.54. The first-order valence-corrected chi connectivity index (χ1v) is 12.5. The summed E-state index contributed by atoms with van der Waals surface area (Å²) in [6, 6.07) is 13.0. The van der Waals surface area contributed by atoms with Gasteiger partial charge in [-0.1, -0.05) is 41.6 Å². The molecule has 168 valence electrons. The summed E-state index contributed by atoms with van der Waals surface area (Å²) in [5, 5.41) is 9.05. The van der Waals surface area contributed by atoms with Crippen LogP contribution in [0.2, 0.25) is 0 Å². The third-order valence-electron chi connectivity index (χ3n) is 5.20. The monoisotopic (exact) mass is 471 g/mol. The van der Waals surface area contributed by atoms with E-state index in [0.717, 1.165) is 22.5 Å². The van der Waals surface area contributed by atoms with Gasteiger partial charge in [0.05, 0.1) is 21.7 Å². The van der Waals surface area contributed by atoms with Crippen molar-refractivity contribution in [2.75, 3.05) is 19.9 Å². The minimum absolute atomic E-state index is 0.222. The molecule has 0 bridgehead atoms. The van der Waals surface area contributed by atoms with Gasteiger partial charge in [0, 0.05) is 26.2 Å². The van der Waals surface area contributed by atoms with E-state index < -0.39 is 10.0 Å². The smallest absolute Gasteiger partial charge is 0.242 e. The summed E-state index contributed by atoms with van der Waals surface area (Å²) >= 11 is 1.43. The highest BCUT2D eigenvalue weighted by atomic mass is 32.2. The number of nitrogens with zero attached hydrogens (tertiary/aromatic N) is 6. The molecule has 2 aromatic heterocycles. The summed E-state index contributed by atoms with van der Waals surface area (Å²) in [4.78, 5) is 4.92. The number of benzene rings is 2. The normalized spacial score (nSPS) is 12.2. The molecule has 4 rings (SSSR count). The zero-order valence-corrected chi connectivity index (χ0v) is 20.0. The molecule has 0 fully saturated rings. The predicted octanol–water partition coefficient (Wildman–Crippen LogP) is 2.88. The molecule has 32 heavy (non-hydrogen) atoms. The van der Waals surface area contributed by atoms with Crippen molar-refractivity contribution in [1.29, 1.82) is 0 Å². The molecular formula is C21H25N7O2S2. The van der Waals surface area contributed by atoms with Crippen LogP contribution in [0.4, 0.5) is 0 Å². The van der Waals surface area contributed by atoms with Gasteiger partial charge in [0.2, 0.25) is 15.2 Å². The third kappa shape index (κ3) is 3.98. The Morgan fingerprint density at radius 1 is 1.09 bits per heavy atom. The topological polar surface area (TPSA) is 112 Å². The molecule has 0 amide bonds. The Labute approximate surface area is 191 Å². The summed E-state index contributed by atoms with van der Waals surface area (Å²) in [5.74, 6) is 8.17. The van der Waals surface area contributed by atoms with Gasteiger partial charge in [-0.3, -0.25) is 0 Å². The van der Waals surface area contributed by atoms with Gasteiger partial charge in [-0.25, -0.2) is 22.4 Å². The van der Waals surface area contributed by atoms with Crippen molar-refractivity contribution < 1.29 is 8.42 Å². The molecule has 0 saturated heterocycles. The molecule has 2 N–H and O–H groups in total. The van der Waals surface area contributed by atoms with Crippen molar-refractivity contribution in [2.45, 2.75) is 36.2 Å². The number of imidazole rings is 1. The molecule has 0 spiro atoms. The highest BCUT2D eigenvalue weighted by Crippen LogP contribution is 2.27. The molecule has 0 aliphatic rings. The van der Waals surface area contributed by atoms with Crippen LogP contribution in [0.15, 0.2) is 52.5 Å². The highest BCUT2D eigenvalue weighted by Gasteiger charge is 2.20. The lowest BCUT2D eigenvalue weighted by molar-refractivity contribution is 0.521. The third-order valence-corrected chi connectivity index (χ3v) is 7.95. The Kier molecular flexibility index (Phi) is 5.97. The van der Waals surface area contributed by atoms with Crippen molar-refractivity contribution >= 4 is 32.8 Å². The van der Waals surface area contributed by atoms with E-state index in [2.05, 4.69) is 14.8 Å². The van der Waals surface area contributed by atoms with Crippen molar-refractivity contribution in [3.8, 4) is 11.4 Å². The maximum Gasteiger partial charge on any atom is 0.242 e. The van der Waals surface area contributed by atoms with Gasteiger partial charge < -0.3 is 10.4 Å². The van der Waals surface area contributed by atoms with E-state index in [0.29, 0.717) is 28.8 Å². The first-order valence-electron chi connectivity index (χ1n) is 10.0. The Hall–Kier alpha value is -2.89. The van der Waals surface area contributed by atoms with Crippen LogP contribution in [0.25, 0.3) is 22.4 Å². The number of aryl methyl sites for hydroxylation is 2. The van der Waals surface area contributed by atoms with E-state index >= 15 is 0 Å². The fourth-order valence-corrected chi connectivity index (χ4v) is 5.12. The van der Waals surface area contributed by atoms with Crippen molar-refractivity contribution in [1.82, 2.24) is 28.7 Å². The predicted molar refractivity (Wildman–Crippen MR) is 126 cm³/mol. The maximum absolute atomic E-state index is 12.5. The lowest BCUT2D eigenvalue weighted by Gasteiger charge is -2.11. The maximum atomic E-state index is 12.5. The van der Waals surface area contributed by atoms with Gasteiger partial charge in [-0.2, -0.15) is 0 Å². The van der Waals surface area contributed by atoms with Crippen molar-refractivity contribution in [3.05, 3.63) is 53.9 Å².